The summed E-state index contributed by atoms with van der Waals surface area (Å²) in [4.78, 5) is 0. The quantitative estimate of drug-likeness (QED) is 0.808. The van der Waals surface area contributed by atoms with Crippen LogP contribution in [0.2, 0.25) is 0 Å². The van der Waals surface area contributed by atoms with Gasteiger partial charge in [-0.25, -0.2) is 0 Å². The van der Waals surface area contributed by atoms with Gasteiger partial charge in [0.1, 0.15) is 0 Å². The summed E-state index contributed by atoms with van der Waals surface area (Å²) >= 11 is 0. The zero-order valence-corrected chi connectivity index (χ0v) is 12.8. The first-order valence-electron chi connectivity index (χ1n) is 7.41. The molecule has 0 aromatic carbocycles. The van der Waals surface area contributed by atoms with E-state index in [0.717, 1.165) is 25.7 Å². The summed E-state index contributed by atoms with van der Waals surface area (Å²) in [5, 5.41) is 0. The molecule has 6 heteroatoms. The lowest BCUT2D eigenvalue weighted by molar-refractivity contribution is 0.272. The minimum atomic E-state index is -3.31. The second-order valence-corrected chi connectivity index (χ2v) is 7.92. The van der Waals surface area contributed by atoms with Crippen molar-refractivity contribution in [2.75, 3.05) is 19.6 Å². The molecule has 0 aromatic heterocycles. The van der Waals surface area contributed by atoms with E-state index in [9.17, 15) is 8.42 Å². The zero-order valence-electron chi connectivity index (χ0n) is 12.0. The predicted molar refractivity (Wildman–Crippen MR) is 76.8 cm³/mol. The lowest BCUT2D eigenvalue weighted by atomic mass is 9.98. The molecule has 0 bridgehead atoms. The van der Waals surface area contributed by atoms with Crippen LogP contribution in [0.4, 0.5) is 0 Å². The largest absolute Gasteiger partial charge is 0.330 e. The third kappa shape index (κ3) is 3.48. The molecule has 112 valence electrons. The Kier molecular flexibility index (Phi) is 4.87. The molecule has 0 aromatic rings. The number of hydrogen-bond donors (Lipinski definition) is 2. The van der Waals surface area contributed by atoms with Crippen molar-refractivity contribution in [3.8, 4) is 0 Å². The van der Waals surface area contributed by atoms with Crippen LogP contribution in [-0.4, -0.2) is 38.4 Å². The van der Waals surface area contributed by atoms with Crippen molar-refractivity contribution in [2.24, 2.45) is 23.5 Å². The van der Waals surface area contributed by atoms with Crippen molar-refractivity contribution < 1.29 is 8.42 Å². The van der Waals surface area contributed by atoms with Crippen LogP contribution in [0.5, 0.6) is 0 Å². The predicted octanol–water partition coefficient (Wildman–Crippen LogP) is 0.926. The molecule has 3 unspecified atom stereocenters. The van der Waals surface area contributed by atoms with Gasteiger partial charge in [-0.2, -0.15) is 17.4 Å². The number of nitrogens with two attached hydrogens (primary N) is 1. The highest BCUT2D eigenvalue weighted by Crippen LogP contribution is 2.32. The Hall–Kier alpha value is -0.170. The van der Waals surface area contributed by atoms with Crippen molar-refractivity contribution in [1.82, 2.24) is 9.03 Å². The van der Waals surface area contributed by atoms with Crippen LogP contribution >= 0.6 is 0 Å². The molecule has 3 N–H and O–H groups in total. The zero-order chi connectivity index (χ0) is 14.0. The molecule has 0 radical (unpaired) electrons. The van der Waals surface area contributed by atoms with Crippen molar-refractivity contribution in [3.63, 3.8) is 0 Å². The second kappa shape index (κ2) is 6.08. The van der Waals surface area contributed by atoms with E-state index in [-0.39, 0.29) is 6.04 Å². The van der Waals surface area contributed by atoms with Gasteiger partial charge in [0, 0.05) is 19.1 Å². The summed E-state index contributed by atoms with van der Waals surface area (Å²) in [7, 11) is -3.31. The minimum absolute atomic E-state index is 0.104. The maximum absolute atomic E-state index is 12.4. The lowest BCUT2D eigenvalue weighted by Crippen LogP contribution is -2.49. The molecule has 5 nitrogen and oxygen atoms in total. The normalized spacial score (nSPS) is 34.8. The van der Waals surface area contributed by atoms with Gasteiger partial charge in [-0.3, -0.25) is 0 Å². The van der Waals surface area contributed by atoms with Gasteiger partial charge in [-0.05, 0) is 50.0 Å². The van der Waals surface area contributed by atoms with Crippen molar-refractivity contribution >= 4 is 10.2 Å². The molecule has 0 amide bonds. The Morgan fingerprint density at radius 1 is 1.16 bits per heavy atom. The first-order valence-corrected chi connectivity index (χ1v) is 8.85. The molecule has 3 atom stereocenters. The molecule has 1 heterocycles. The van der Waals surface area contributed by atoms with E-state index in [1.54, 1.807) is 4.31 Å². The number of piperidine rings is 1. The fraction of sp³-hybridized carbons (Fsp3) is 1.00. The van der Waals surface area contributed by atoms with Gasteiger partial charge >= 0.3 is 0 Å². The maximum atomic E-state index is 12.4. The van der Waals surface area contributed by atoms with Gasteiger partial charge in [-0.1, -0.05) is 13.8 Å². The molecule has 0 spiro atoms. The molecule has 2 fully saturated rings. The monoisotopic (exact) mass is 289 g/mol. The molecule has 2 aliphatic rings. The molecule has 1 aliphatic carbocycles. The fourth-order valence-corrected chi connectivity index (χ4v) is 4.74. The van der Waals surface area contributed by atoms with E-state index in [4.69, 9.17) is 5.73 Å². The summed E-state index contributed by atoms with van der Waals surface area (Å²) in [6, 6.07) is 0.104. The van der Waals surface area contributed by atoms with E-state index in [1.807, 2.05) is 0 Å². The van der Waals surface area contributed by atoms with Crippen molar-refractivity contribution in [1.29, 1.82) is 0 Å². The first kappa shape index (κ1) is 15.2. The summed E-state index contributed by atoms with van der Waals surface area (Å²) in [5.74, 6) is 1.52. The number of rotatable bonds is 4. The highest BCUT2D eigenvalue weighted by atomic mass is 32.2. The topological polar surface area (TPSA) is 75.4 Å². The van der Waals surface area contributed by atoms with Gasteiger partial charge in [0.05, 0.1) is 0 Å². The Morgan fingerprint density at radius 2 is 1.79 bits per heavy atom. The molecule has 1 aliphatic heterocycles. The van der Waals surface area contributed by atoms with E-state index in [0.29, 0.717) is 37.4 Å². The average molecular weight is 289 g/mol. The van der Waals surface area contributed by atoms with E-state index < -0.39 is 10.2 Å². The fourth-order valence-electron chi connectivity index (χ4n) is 3.18. The summed E-state index contributed by atoms with van der Waals surface area (Å²) in [5.41, 5.74) is 5.64. The van der Waals surface area contributed by atoms with Gasteiger partial charge < -0.3 is 5.73 Å². The smallest absolute Gasteiger partial charge is 0.279 e. The molecular formula is C13H27N3O2S. The minimum Gasteiger partial charge on any atom is -0.330 e. The molecular weight excluding hydrogens is 262 g/mol. The summed E-state index contributed by atoms with van der Waals surface area (Å²) < 4.78 is 29.2. The van der Waals surface area contributed by atoms with Crippen LogP contribution in [0.25, 0.3) is 0 Å². The van der Waals surface area contributed by atoms with Crippen LogP contribution in [0.3, 0.4) is 0 Å². The third-order valence-corrected chi connectivity index (χ3v) is 6.66. The highest BCUT2D eigenvalue weighted by Gasteiger charge is 2.35. The Labute approximate surface area is 117 Å². The van der Waals surface area contributed by atoms with Crippen LogP contribution in [-0.2, 0) is 10.2 Å². The van der Waals surface area contributed by atoms with Crippen LogP contribution in [0, 0.1) is 17.8 Å². The Bertz CT molecular complexity index is 391. The van der Waals surface area contributed by atoms with Gasteiger partial charge in [0.2, 0.25) is 0 Å². The van der Waals surface area contributed by atoms with Gasteiger partial charge in [0.25, 0.3) is 10.2 Å². The Morgan fingerprint density at radius 3 is 2.26 bits per heavy atom. The third-order valence-electron chi connectivity index (χ3n) is 5.01. The standard InChI is InChI=1S/C13H27N3O2S/c1-10-3-4-13(11(10)2)15-19(17,18)16-7-5-12(9-14)6-8-16/h10-13,15H,3-9,14H2,1-2H3. The Balaban J connectivity index is 1.92. The SMILES string of the molecule is CC1CCC(NS(=O)(=O)N2CCC(CN)CC2)C1C. The van der Waals surface area contributed by atoms with Crippen molar-refractivity contribution in [2.45, 2.75) is 45.6 Å². The molecule has 1 saturated carbocycles. The van der Waals surface area contributed by atoms with E-state index in [1.165, 1.54) is 0 Å². The van der Waals surface area contributed by atoms with Crippen LogP contribution in [0.15, 0.2) is 0 Å². The maximum Gasteiger partial charge on any atom is 0.279 e. The molecule has 1 saturated heterocycles. The second-order valence-electron chi connectivity index (χ2n) is 6.22. The van der Waals surface area contributed by atoms with Gasteiger partial charge in [-0.15, -0.1) is 0 Å². The first-order chi connectivity index (χ1) is 8.94. The molecule has 19 heavy (non-hydrogen) atoms. The van der Waals surface area contributed by atoms with Crippen molar-refractivity contribution in [3.05, 3.63) is 0 Å². The lowest BCUT2D eigenvalue weighted by Gasteiger charge is -2.32. The average Bonchev–Trinajstić information content (AvgIpc) is 2.70. The molecule has 2 rings (SSSR count). The number of nitrogens with zero attached hydrogens (tertiary/aromatic N) is 1. The van der Waals surface area contributed by atoms with Crippen LogP contribution in [0.1, 0.15) is 39.5 Å². The van der Waals surface area contributed by atoms with E-state index >= 15 is 0 Å². The van der Waals surface area contributed by atoms with Crippen LogP contribution < -0.4 is 10.5 Å². The number of nitrogens with one attached hydrogen (secondary N) is 1. The number of hydrogen-bond acceptors (Lipinski definition) is 3. The summed E-state index contributed by atoms with van der Waals surface area (Å²) in [6.07, 6.45) is 3.84. The highest BCUT2D eigenvalue weighted by molar-refractivity contribution is 7.87. The van der Waals surface area contributed by atoms with Gasteiger partial charge in [0.15, 0.2) is 0 Å². The van der Waals surface area contributed by atoms with E-state index in [2.05, 4.69) is 18.6 Å². The summed E-state index contributed by atoms with van der Waals surface area (Å²) in [6.45, 7) is 6.22.